The first-order chi connectivity index (χ1) is 11.7. The van der Waals surface area contributed by atoms with Crippen molar-refractivity contribution in [3.8, 4) is 0 Å². The number of nitrogens with one attached hydrogen (secondary N) is 1. The van der Waals surface area contributed by atoms with Crippen LogP contribution in [0.3, 0.4) is 0 Å². The summed E-state index contributed by atoms with van der Waals surface area (Å²) in [6.45, 7) is 2.04. The van der Waals surface area contributed by atoms with E-state index in [-0.39, 0.29) is 12.3 Å². The molecule has 128 valence electrons. The first kappa shape index (κ1) is 15.6. The number of aromatic nitrogens is 3. The molecule has 2 N–H and O–H groups in total. The fourth-order valence-corrected chi connectivity index (χ4v) is 4.17. The highest BCUT2D eigenvalue weighted by atomic mass is 16.4. The molecule has 2 atom stereocenters. The number of rotatable bonds is 5. The number of H-pyrrole nitrogens is 1. The molecule has 1 aliphatic carbocycles. The van der Waals surface area contributed by atoms with Gasteiger partial charge >= 0.3 is 5.97 Å². The van der Waals surface area contributed by atoms with Crippen LogP contribution in [0.2, 0.25) is 0 Å². The molecule has 0 spiro atoms. The van der Waals surface area contributed by atoms with E-state index in [1.807, 2.05) is 6.07 Å². The van der Waals surface area contributed by atoms with E-state index in [9.17, 15) is 9.90 Å². The van der Waals surface area contributed by atoms with Crippen LogP contribution in [-0.4, -0.2) is 50.1 Å². The monoisotopic (exact) mass is 328 g/mol. The van der Waals surface area contributed by atoms with Gasteiger partial charge in [-0.2, -0.15) is 0 Å². The Balaban J connectivity index is 1.51. The van der Waals surface area contributed by atoms with Gasteiger partial charge in [0.25, 0.3) is 0 Å². The first-order valence-electron chi connectivity index (χ1n) is 8.93. The summed E-state index contributed by atoms with van der Waals surface area (Å²) in [6, 6.07) is 2.63. The lowest BCUT2D eigenvalue weighted by Crippen LogP contribution is -2.49. The van der Waals surface area contributed by atoms with Gasteiger partial charge in [0.05, 0.1) is 17.2 Å². The number of carboxylic acid groups (broad SMARTS) is 1. The number of carbonyl (C=O) groups is 1. The highest BCUT2D eigenvalue weighted by Gasteiger charge is 2.35. The van der Waals surface area contributed by atoms with Crippen molar-refractivity contribution < 1.29 is 9.90 Å². The minimum Gasteiger partial charge on any atom is -0.481 e. The van der Waals surface area contributed by atoms with Crippen molar-refractivity contribution in [3.05, 3.63) is 24.3 Å². The van der Waals surface area contributed by atoms with Crippen LogP contribution in [0.1, 0.15) is 37.9 Å². The molecule has 2 aromatic rings. The third kappa shape index (κ3) is 3.15. The standard InChI is InChI=1S/C18H24N4O2/c23-18(24)9-12-5-7-22(14-2-1-3-14)11-13(12)8-17-20-15-4-6-19-10-16(15)21-17/h4,6,10,12-14H,1-3,5,7-9,11H2,(H,20,21)(H,23,24)/t12-,13-/m0/s1. The molecule has 6 heteroatoms. The number of imidazole rings is 1. The molecule has 0 amide bonds. The van der Waals surface area contributed by atoms with Gasteiger partial charge in [-0.3, -0.25) is 9.78 Å². The predicted molar refractivity (Wildman–Crippen MR) is 90.7 cm³/mol. The van der Waals surface area contributed by atoms with Crippen LogP contribution < -0.4 is 0 Å². The maximum Gasteiger partial charge on any atom is 0.303 e. The number of pyridine rings is 1. The van der Waals surface area contributed by atoms with Crippen molar-refractivity contribution in [2.45, 2.75) is 44.6 Å². The quantitative estimate of drug-likeness (QED) is 0.881. The van der Waals surface area contributed by atoms with Crippen molar-refractivity contribution in [1.82, 2.24) is 19.9 Å². The number of likely N-dealkylation sites (tertiary alicyclic amines) is 1. The third-order valence-corrected chi connectivity index (χ3v) is 5.74. The van der Waals surface area contributed by atoms with Gasteiger partial charge in [0.15, 0.2) is 0 Å². The van der Waals surface area contributed by atoms with Crippen LogP contribution in [0.5, 0.6) is 0 Å². The van der Waals surface area contributed by atoms with Crippen molar-refractivity contribution in [1.29, 1.82) is 0 Å². The van der Waals surface area contributed by atoms with Crippen LogP contribution >= 0.6 is 0 Å². The SMILES string of the molecule is O=C(O)C[C@@H]1CCN(C2CCC2)C[C@@H]1Cc1nc2ccncc2[nH]1. The topological polar surface area (TPSA) is 82.1 Å². The molecule has 1 aliphatic heterocycles. The summed E-state index contributed by atoms with van der Waals surface area (Å²) in [5.74, 6) is 0.860. The van der Waals surface area contributed by atoms with Gasteiger partial charge in [-0.15, -0.1) is 0 Å². The van der Waals surface area contributed by atoms with Crippen LogP contribution in [0, 0.1) is 11.8 Å². The summed E-state index contributed by atoms with van der Waals surface area (Å²) in [4.78, 5) is 26.0. The number of aliphatic carboxylic acids is 1. The van der Waals surface area contributed by atoms with Crippen LogP contribution in [-0.2, 0) is 11.2 Å². The van der Waals surface area contributed by atoms with Crippen molar-refractivity contribution in [2.75, 3.05) is 13.1 Å². The average molecular weight is 328 g/mol. The molecule has 2 aliphatic rings. The number of piperidine rings is 1. The molecule has 1 saturated carbocycles. The fourth-order valence-electron chi connectivity index (χ4n) is 4.17. The smallest absolute Gasteiger partial charge is 0.303 e. The summed E-state index contributed by atoms with van der Waals surface area (Å²) in [7, 11) is 0. The molecule has 0 radical (unpaired) electrons. The summed E-state index contributed by atoms with van der Waals surface area (Å²) in [5.41, 5.74) is 1.88. The van der Waals surface area contributed by atoms with Crippen molar-refractivity contribution in [2.24, 2.45) is 11.8 Å². The lowest BCUT2D eigenvalue weighted by Gasteiger charge is -2.45. The number of hydrogen-bond acceptors (Lipinski definition) is 4. The zero-order valence-electron chi connectivity index (χ0n) is 13.8. The maximum absolute atomic E-state index is 11.2. The van der Waals surface area contributed by atoms with Crippen LogP contribution in [0.15, 0.2) is 18.5 Å². The van der Waals surface area contributed by atoms with Crippen molar-refractivity contribution >= 4 is 17.0 Å². The Bertz CT molecular complexity index is 692. The van der Waals surface area contributed by atoms with E-state index in [2.05, 4.69) is 19.9 Å². The molecule has 0 unspecified atom stereocenters. The van der Waals surface area contributed by atoms with Gasteiger partial charge in [-0.1, -0.05) is 6.42 Å². The zero-order valence-corrected chi connectivity index (χ0v) is 13.8. The second kappa shape index (κ2) is 6.51. The van der Waals surface area contributed by atoms with E-state index in [1.165, 1.54) is 19.3 Å². The molecule has 1 saturated heterocycles. The maximum atomic E-state index is 11.2. The molecule has 6 nitrogen and oxygen atoms in total. The van der Waals surface area contributed by atoms with Gasteiger partial charge in [-0.25, -0.2) is 4.98 Å². The fraction of sp³-hybridized carbons (Fsp3) is 0.611. The first-order valence-corrected chi connectivity index (χ1v) is 8.93. The largest absolute Gasteiger partial charge is 0.481 e. The zero-order chi connectivity index (χ0) is 16.5. The van der Waals surface area contributed by atoms with E-state index in [1.54, 1.807) is 12.4 Å². The molecule has 0 aromatic carbocycles. The third-order valence-electron chi connectivity index (χ3n) is 5.74. The van der Waals surface area contributed by atoms with Crippen LogP contribution in [0.4, 0.5) is 0 Å². The minimum atomic E-state index is -0.684. The number of aromatic amines is 1. The van der Waals surface area contributed by atoms with Gasteiger partial charge in [0, 0.05) is 31.6 Å². The van der Waals surface area contributed by atoms with E-state index < -0.39 is 5.97 Å². The highest BCUT2D eigenvalue weighted by molar-refractivity contribution is 5.73. The van der Waals surface area contributed by atoms with Gasteiger partial charge < -0.3 is 15.0 Å². The number of fused-ring (bicyclic) bond motifs is 1. The van der Waals surface area contributed by atoms with Crippen molar-refractivity contribution in [3.63, 3.8) is 0 Å². The molecular formula is C18H24N4O2. The Morgan fingerprint density at radius 2 is 2.21 bits per heavy atom. The van der Waals surface area contributed by atoms with E-state index in [0.29, 0.717) is 5.92 Å². The second-order valence-electron chi connectivity index (χ2n) is 7.27. The van der Waals surface area contributed by atoms with Crippen LogP contribution in [0.25, 0.3) is 11.0 Å². The Morgan fingerprint density at radius 3 is 2.92 bits per heavy atom. The second-order valence-corrected chi connectivity index (χ2v) is 7.27. The molecule has 2 aromatic heterocycles. The van der Waals surface area contributed by atoms with E-state index in [0.717, 1.165) is 48.8 Å². The molecule has 2 fully saturated rings. The van der Waals surface area contributed by atoms with Gasteiger partial charge in [-0.05, 0) is 43.7 Å². The Kier molecular flexibility index (Phi) is 4.22. The molecule has 0 bridgehead atoms. The number of hydrogen-bond donors (Lipinski definition) is 2. The predicted octanol–water partition coefficient (Wildman–Crippen LogP) is 2.47. The Labute approximate surface area is 141 Å². The summed E-state index contributed by atoms with van der Waals surface area (Å²) in [6.07, 6.45) is 9.54. The molecule has 3 heterocycles. The number of carboxylic acids is 1. The molecule has 4 rings (SSSR count). The lowest BCUT2D eigenvalue weighted by molar-refractivity contribution is -0.139. The van der Waals surface area contributed by atoms with Gasteiger partial charge in [0.2, 0.25) is 0 Å². The average Bonchev–Trinajstić information content (AvgIpc) is 2.90. The van der Waals surface area contributed by atoms with E-state index >= 15 is 0 Å². The summed E-state index contributed by atoms with van der Waals surface area (Å²) >= 11 is 0. The lowest BCUT2D eigenvalue weighted by atomic mass is 9.79. The summed E-state index contributed by atoms with van der Waals surface area (Å²) in [5, 5.41) is 9.25. The molecular weight excluding hydrogens is 304 g/mol. The van der Waals surface area contributed by atoms with E-state index in [4.69, 9.17) is 0 Å². The summed E-state index contributed by atoms with van der Waals surface area (Å²) < 4.78 is 0. The normalized spacial score (nSPS) is 25.7. The minimum absolute atomic E-state index is 0.241. The highest BCUT2D eigenvalue weighted by Crippen LogP contribution is 2.34. The Hall–Kier alpha value is -1.95. The van der Waals surface area contributed by atoms with Gasteiger partial charge in [0.1, 0.15) is 5.82 Å². The Morgan fingerprint density at radius 1 is 1.33 bits per heavy atom. The molecule has 24 heavy (non-hydrogen) atoms. The number of nitrogens with zero attached hydrogens (tertiary/aromatic N) is 3.